The standard InChI is InChI=1S/C22H20FN3O4S2/c23-15-6-2-1-5-14(15)13-18-21(29)26(22(30)32-18)11-9-24-19(27)16-7-3-10-25(16)20(28)17-8-4-12-31-17/h1-2,4-6,8,12-13,16H,3,7,9-11H2,(H,24,27)/b18-13-/t16-/m0/s1. The lowest BCUT2D eigenvalue weighted by molar-refractivity contribution is -0.126. The molecule has 1 aromatic heterocycles. The summed E-state index contributed by atoms with van der Waals surface area (Å²) < 4.78 is 13.8. The number of nitrogens with one attached hydrogen (secondary N) is 1. The summed E-state index contributed by atoms with van der Waals surface area (Å²) in [5.74, 6) is -1.47. The van der Waals surface area contributed by atoms with Gasteiger partial charge in [-0.2, -0.15) is 0 Å². The molecule has 1 N–H and O–H groups in total. The number of benzene rings is 1. The zero-order valence-corrected chi connectivity index (χ0v) is 18.6. The van der Waals surface area contributed by atoms with Crippen molar-refractivity contribution in [3.05, 3.63) is 62.9 Å². The number of nitrogens with zero attached hydrogens (tertiary/aromatic N) is 2. The van der Waals surface area contributed by atoms with E-state index in [0.29, 0.717) is 17.8 Å². The zero-order valence-electron chi connectivity index (χ0n) is 17.0. The van der Waals surface area contributed by atoms with E-state index in [-0.39, 0.29) is 35.4 Å². The van der Waals surface area contributed by atoms with Gasteiger partial charge in [-0.05, 0) is 48.2 Å². The molecule has 10 heteroatoms. The molecule has 166 valence electrons. The fourth-order valence-corrected chi connectivity index (χ4v) is 5.19. The Labute approximate surface area is 192 Å². The highest BCUT2D eigenvalue weighted by Gasteiger charge is 2.37. The van der Waals surface area contributed by atoms with Gasteiger partial charge >= 0.3 is 0 Å². The van der Waals surface area contributed by atoms with Gasteiger partial charge in [0.1, 0.15) is 11.9 Å². The van der Waals surface area contributed by atoms with Crippen molar-refractivity contribution < 1.29 is 23.6 Å². The number of carbonyl (C=O) groups is 4. The molecule has 2 aliphatic heterocycles. The molecule has 0 bridgehead atoms. The first-order valence-corrected chi connectivity index (χ1v) is 11.8. The van der Waals surface area contributed by atoms with Gasteiger partial charge in [0.25, 0.3) is 17.1 Å². The Hall–Kier alpha value is -2.98. The van der Waals surface area contributed by atoms with Crippen molar-refractivity contribution in [3.8, 4) is 0 Å². The Morgan fingerprint density at radius 2 is 2.00 bits per heavy atom. The van der Waals surface area contributed by atoms with Crippen LogP contribution < -0.4 is 5.32 Å². The second kappa shape index (κ2) is 9.66. The summed E-state index contributed by atoms with van der Waals surface area (Å²) in [6, 6.07) is 8.94. The summed E-state index contributed by atoms with van der Waals surface area (Å²) in [4.78, 5) is 53.4. The van der Waals surface area contributed by atoms with Crippen LogP contribution in [-0.4, -0.2) is 58.4 Å². The number of thioether (sulfide) groups is 1. The molecule has 3 heterocycles. The molecule has 2 fully saturated rings. The average molecular weight is 474 g/mol. The van der Waals surface area contributed by atoms with Crippen LogP contribution in [-0.2, 0) is 9.59 Å². The normalized spacial score (nSPS) is 19.8. The largest absolute Gasteiger partial charge is 0.353 e. The van der Waals surface area contributed by atoms with Gasteiger partial charge in [0, 0.05) is 25.2 Å². The maximum absolute atomic E-state index is 13.8. The van der Waals surface area contributed by atoms with Crippen LogP contribution in [0.1, 0.15) is 28.1 Å². The van der Waals surface area contributed by atoms with Crippen LogP contribution in [0.2, 0.25) is 0 Å². The van der Waals surface area contributed by atoms with Gasteiger partial charge in [0.05, 0.1) is 9.78 Å². The summed E-state index contributed by atoms with van der Waals surface area (Å²) in [6.45, 7) is 0.580. The number of amides is 4. The molecule has 1 atom stereocenters. The van der Waals surface area contributed by atoms with Crippen LogP contribution in [0.25, 0.3) is 6.08 Å². The van der Waals surface area contributed by atoms with Gasteiger partial charge < -0.3 is 10.2 Å². The SMILES string of the molecule is O=C(NCCN1C(=O)S/C(=C\c2ccccc2F)C1=O)[C@@H]1CCCN1C(=O)c1cccs1. The van der Waals surface area contributed by atoms with E-state index in [9.17, 15) is 23.6 Å². The van der Waals surface area contributed by atoms with E-state index in [1.165, 1.54) is 29.5 Å². The van der Waals surface area contributed by atoms with Gasteiger partial charge in [-0.3, -0.25) is 24.1 Å². The van der Waals surface area contributed by atoms with Gasteiger partial charge in [-0.15, -0.1) is 11.3 Å². The smallest absolute Gasteiger partial charge is 0.293 e. The highest BCUT2D eigenvalue weighted by atomic mass is 32.2. The predicted octanol–water partition coefficient (Wildman–Crippen LogP) is 3.34. The molecule has 32 heavy (non-hydrogen) atoms. The van der Waals surface area contributed by atoms with E-state index in [1.54, 1.807) is 29.2 Å². The minimum absolute atomic E-state index is 0.00336. The van der Waals surface area contributed by atoms with E-state index in [0.717, 1.165) is 23.1 Å². The number of hydrogen-bond acceptors (Lipinski definition) is 6. The number of carbonyl (C=O) groups excluding carboxylic acids is 4. The quantitative estimate of drug-likeness (QED) is 0.651. The molecule has 2 saturated heterocycles. The number of thiophene rings is 1. The zero-order chi connectivity index (χ0) is 22.7. The Morgan fingerprint density at radius 1 is 1.19 bits per heavy atom. The van der Waals surface area contributed by atoms with Crippen LogP contribution in [0, 0.1) is 5.82 Å². The molecule has 0 aliphatic carbocycles. The molecule has 0 spiro atoms. The monoisotopic (exact) mass is 473 g/mol. The molecule has 0 radical (unpaired) electrons. The molecule has 2 aliphatic rings. The summed E-state index contributed by atoms with van der Waals surface area (Å²) in [5, 5.41) is 4.08. The van der Waals surface area contributed by atoms with Gasteiger partial charge in [0.15, 0.2) is 0 Å². The first-order chi connectivity index (χ1) is 15.5. The van der Waals surface area contributed by atoms with Crippen LogP contribution >= 0.6 is 23.1 Å². The molecular formula is C22H20FN3O4S2. The van der Waals surface area contributed by atoms with Crippen molar-refractivity contribution in [2.45, 2.75) is 18.9 Å². The fourth-order valence-electron chi connectivity index (χ4n) is 3.66. The third kappa shape index (κ3) is 4.61. The summed E-state index contributed by atoms with van der Waals surface area (Å²) in [7, 11) is 0. The minimum Gasteiger partial charge on any atom is -0.353 e. The first-order valence-electron chi connectivity index (χ1n) is 10.1. The third-order valence-corrected chi connectivity index (χ3v) is 7.01. The fraction of sp³-hybridized carbons (Fsp3) is 0.273. The number of rotatable bonds is 6. The summed E-state index contributed by atoms with van der Waals surface area (Å²) in [6.07, 6.45) is 2.65. The molecule has 0 saturated carbocycles. The minimum atomic E-state index is -0.569. The van der Waals surface area contributed by atoms with Crippen LogP contribution in [0.5, 0.6) is 0 Å². The highest BCUT2D eigenvalue weighted by molar-refractivity contribution is 8.18. The second-order valence-electron chi connectivity index (χ2n) is 7.28. The van der Waals surface area contributed by atoms with Gasteiger partial charge in [0.2, 0.25) is 5.91 Å². The lowest BCUT2D eigenvalue weighted by Crippen LogP contribution is -2.47. The molecule has 2 aromatic rings. The maximum atomic E-state index is 13.8. The van der Waals surface area contributed by atoms with Crippen molar-refractivity contribution in [2.24, 2.45) is 0 Å². The number of imide groups is 1. The number of hydrogen-bond donors (Lipinski definition) is 1. The van der Waals surface area contributed by atoms with Crippen molar-refractivity contribution in [1.82, 2.24) is 15.1 Å². The van der Waals surface area contributed by atoms with E-state index in [4.69, 9.17) is 0 Å². The van der Waals surface area contributed by atoms with Gasteiger partial charge in [-0.1, -0.05) is 24.3 Å². The molecule has 4 amide bonds. The van der Waals surface area contributed by atoms with Crippen molar-refractivity contribution >= 4 is 52.1 Å². The Balaban J connectivity index is 1.33. The lowest BCUT2D eigenvalue weighted by Gasteiger charge is -2.23. The van der Waals surface area contributed by atoms with E-state index < -0.39 is 23.0 Å². The van der Waals surface area contributed by atoms with Crippen LogP contribution in [0.4, 0.5) is 9.18 Å². The van der Waals surface area contributed by atoms with E-state index >= 15 is 0 Å². The predicted molar refractivity (Wildman–Crippen MR) is 120 cm³/mol. The average Bonchev–Trinajstić information content (AvgIpc) is 3.53. The first kappa shape index (κ1) is 22.2. The Bertz CT molecular complexity index is 1090. The maximum Gasteiger partial charge on any atom is 0.293 e. The highest BCUT2D eigenvalue weighted by Crippen LogP contribution is 2.32. The van der Waals surface area contributed by atoms with E-state index in [2.05, 4.69) is 5.32 Å². The van der Waals surface area contributed by atoms with Crippen LogP contribution in [0.15, 0.2) is 46.7 Å². The van der Waals surface area contributed by atoms with Gasteiger partial charge in [-0.25, -0.2) is 4.39 Å². The lowest BCUT2D eigenvalue weighted by atomic mass is 10.2. The van der Waals surface area contributed by atoms with Crippen LogP contribution in [0.3, 0.4) is 0 Å². The second-order valence-corrected chi connectivity index (χ2v) is 9.22. The Kier molecular flexibility index (Phi) is 6.71. The Morgan fingerprint density at radius 3 is 2.75 bits per heavy atom. The summed E-state index contributed by atoms with van der Waals surface area (Å²) in [5.41, 5.74) is 0.225. The third-order valence-electron chi connectivity index (χ3n) is 5.25. The molecule has 7 nitrogen and oxygen atoms in total. The van der Waals surface area contributed by atoms with Crippen molar-refractivity contribution in [1.29, 1.82) is 0 Å². The molecule has 0 unspecified atom stereocenters. The van der Waals surface area contributed by atoms with Crippen molar-refractivity contribution in [2.75, 3.05) is 19.6 Å². The topological polar surface area (TPSA) is 86.8 Å². The molecule has 1 aromatic carbocycles. The summed E-state index contributed by atoms with van der Waals surface area (Å²) >= 11 is 2.07. The molecular weight excluding hydrogens is 453 g/mol. The number of halogens is 1. The van der Waals surface area contributed by atoms with Crippen molar-refractivity contribution in [3.63, 3.8) is 0 Å². The molecule has 4 rings (SSSR count). The number of likely N-dealkylation sites (tertiary alicyclic amines) is 1. The van der Waals surface area contributed by atoms with E-state index in [1.807, 2.05) is 5.38 Å².